The largest absolute Gasteiger partial charge is 0.468 e. The highest BCUT2D eigenvalue weighted by Crippen LogP contribution is 2.24. The maximum atomic E-state index is 12.9. The highest BCUT2D eigenvalue weighted by Gasteiger charge is 2.28. The molecule has 9 nitrogen and oxygen atoms in total. The highest BCUT2D eigenvalue weighted by atomic mass is 32.2. The summed E-state index contributed by atoms with van der Waals surface area (Å²) >= 11 is 0. The second-order valence-corrected chi connectivity index (χ2v) is 8.28. The Labute approximate surface area is 164 Å². The molecule has 0 unspecified atom stereocenters. The van der Waals surface area contributed by atoms with E-state index in [9.17, 15) is 22.8 Å². The number of hydrogen-bond acceptors (Lipinski definition) is 7. The van der Waals surface area contributed by atoms with Crippen molar-refractivity contribution in [3.05, 3.63) is 29.3 Å². The van der Waals surface area contributed by atoms with Crippen LogP contribution in [0.3, 0.4) is 0 Å². The summed E-state index contributed by atoms with van der Waals surface area (Å²) in [6.45, 7) is 1.63. The zero-order chi connectivity index (χ0) is 20.7. The van der Waals surface area contributed by atoms with Crippen LogP contribution in [0, 0.1) is 6.92 Å². The monoisotopic (exact) mass is 412 g/mol. The van der Waals surface area contributed by atoms with Crippen LogP contribution in [-0.2, 0) is 29.1 Å². The van der Waals surface area contributed by atoms with Crippen molar-refractivity contribution in [2.45, 2.75) is 31.1 Å². The van der Waals surface area contributed by atoms with E-state index in [1.54, 1.807) is 6.92 Å². The summed E-state index contributed by atoms with van der Waals surface area (Å²) in [7, 11) is -2.52. The average Bonchev–Trinajstić information content (AvgIpc) is 2.70. The predicted molar refractivity (Wildman–Crippen MR) is 99.1 cm³/mol. The molecule has 0 saturated carbocycles. The molecular weight excluding hydrogens is 388 g/mol. The minimum Gasteiger partial charge on any atom is -0.468 e. The van der Waals surface area contributed by atoms with E-state index in [-0.39, 0.29) is 17.0 Å². The Morgan fingerprint density at radius 2 is 1.82 bits per heavy atom. The molecule has 1 aromatic carbocycles. The van der Waals surface area contributed by atoms with Gasteiger partial charge in [0.15, 0.2) is 6.61 Å². The third-order valence-corrected chi connectivity index (χ3v) is 6.39. The lowest BCUT2D eigenvalue weighted by molar-refractivity contribution is -0.141. The highest BCUT2D eigenvalue weighted by molar-refractivity contribution is 7.89. The van der Waals surface area contributed by atoms with Crippen LogP contribution in [0.2, 0.25) is 0 Å². The molecule has 1 amide bonds. The number of benzene rings is 1. The molecule has 0 bridgehead atoms. The molecule has 1 aliphatic rings. The van der Waals surface area contributed by atoms with Crippen LogP contribution in [-0.4, -0.2) is 63.9 Å². The van der Waals surface area contributed by atoms with Crippen molar-refractivity contribution in [3.63, 3.8) is 0 Å². The van der Waals surface area contributed by atoms with E-state index in [4.69, 9.17) is 4.74 Å². The van der Waals surface area contributed by atoms with Gasteiger partial charge in [-0.15, -0.1) is 0 Å². The number of sulfonamides is 1. The second kappa shape index (κ2) is 9.65. The molecule has 1 saturated heterocycles. The van der Waals surface area contributed by atoms with E-state index in [1.807, 2.05) is 0 Å². The number of nitrogens with zero attached hydrogens (tertiary/aromatic N) is 1. The van der Waals surface area contributed by atoms with Crippen LogP contribution in [0.15, 0.2) is 23.1 Å². The van der Waals surface area contributed by atoms with Crippen molar-refractivity contribution in [2.24, 2.45) is 0 Å². The Hall–Kier alpha value is -2.46. The van der Waals surface area contributed by atoms with Gasteiger partial charge in [0.1, 0.15) is 6.54 Å². The number of piperidine rings is 1. The lowest BCUT2D eigenvalue weighted by atomic mass is 10.1. The van der Waals surface area contributed by atoms with Crippen LogP contribution in [0.1, 0.15) is 35.2 Å². The zero-order valence-corrected chi connectivity index (χ0v) is 16.7. The summed E-state index contributed by atoms with van der Waals surface area (Å²) in [5.74, 6) is -2.14. The summed E-state index contributed by atoms with van der Waals surface area (Å²) in [5.41, 5.74) is 0.555. The molecule has 10 heteroatoms. The minimum atomic E-state index is -3.71. The van der Waals surface area contributed by atoms with Crippen LogP contribution in [0.5, 0.6) is 0 Å². The number of hydrogen-bond donors (Lipinski definition) is 1. The van der Waals surface area contributed by atoms with Crippen molar-refractivity contribution in [2.75, 3.05) is 33.4 Å². The van der Waals surface area contributed by atoms with Crippen LogP contribution >= 0.6 is 0 Å². The molecule has 1 heterocycles. The number of aryl methyl sites for hydroxylation is 1. The van der Waals surface area contributed by atoms with Gasteiger partial charge in [-0.25, -0.2) is 13.2 Å². The third kappa shape index (κ3) is 5.52. The maximum Gasteiger partial charge on any atom is 0.338 e. The topological polar surface area (TPSA) is 119 Å². The van der Waals surface area contributed by atoms with E-state index in [1.165, 1.54) is 29.6 Å². The number of carbonyl (C=O) groups is 3. The van der Waals surface area contributed by atoms with Crippen molar-refractivity contribution < 1.29 is 32.3 Å². The van der Waals surface area contributed by atoms with Crippen molar-refractivity contribution >= 4 is 27.9 Å². The number of amides is 1. The fourth-order valence-electron chi connectivity index (χ4n) is 2.76. The number of esters is 2. The molecule has 2 rings (SSSR count). The van der Waals surface area contributed by atoms with Gasteiger partial charge in [-0.3, -0.25) is 9.59 Å². The van der Waals surface area contributed by atoms with Gasteiger partial charge in [0.25, 0.3) is 5.91 Å². The quantitative estimate of drug-likeness (QED) is 0.652. The van der Waals surface area contributed by atoms with Crippen molar-refractivity contribution in [1.29, 1.82) is 0 Å². The standard InChI is InChI=1S/C18H24N2O7S/c1-13-6-7-14(18(23)27-12-16(21)19-11-17(22)26-2)10-15(13)28(24,25)20-8-4-3-5-9-20/h6-7,10H,3-5,8-9,11-12H2,1-2H3,(H,19,21). The molecule has 1 aromatic rings. The van der Waals surface area contributed by atoms with Gasteiger partial charge in [-0.2, -0.15) is 4.31 Å². The van der Waals surface area contributed by atoms with Crippen molar-refractivity contribution in [1.82, 2.24) is 9.62 Å². The minimum absolute atomic E-state index is 0.0296. The van der Waals surface area contributed by atoms with E-state index in [0.717, 1.165) is 19.3 Å². The van der Waals surface area contributed by atoms with E-state index in [0.29, 0.717) is 18.7 Å². The summed E-state index contributed by atoms with van der Waals surface area (Å²) in [6, 6.07) is 4.25. The summed E-state index contributed by atoms with van der Waals surface area (Å²) < 4.78 is 36.5. The molecule has 1 fully saturated rings. The molecule has 0 aromatic heterocycles. The molecule has 1 aliphatic heterocycles. The van der Waals surface area contributed by atoms with Gasteiger partial charge in [0, 0.05) is 13.1 Å². The summed E-state index contributed by atoms with van der Waals surface area (Å²) in [5, 5.41) is 2.23. The first-order chi connectivity index (χ1) is 13.3. The summed E-state index contributed by atoms with van der Waals surface area (Å²) in [4.78, 5) is 34.8. The third-order valence-electron chi connectivity index (χ3n) is 4.35. The van der Waals surface area contributed by atoms with Gasteiger partial charge in [0.2, 0.25) is 10.0 Å². The van der Waals surface area contributed by atoms with Crippen LogP contribution in [0.25, 0.3) is 0 Å². The lowest BCUT2D eigenvalue weighted by Crippen LogP contribution is -2.36. The maximum absolute atomic E-state index is 12.9. The first-order valence-electron chi connectivity index (χ1n) is 8.87. The fraction of sp³-hybridized carbons (Fsp3) is 0.500. The number of ether oxygens (including phenoxy) is 2. The number of rotatable bonds is 7. The van der Waals surface area contributed by atoms with Gasteiger partial charge >= 0.3 is 11.9 Å². The zero-order valence-electron chi connectivity index (χ0n) is 15.9. The van der Waals surface area contributed by atoms with Crippen LogP contribution in [0.4, 0.5) is 0 Å². The Morgan fingerprint density at radius 3 is 2.46 bits per heavy atom. The number of carbonyl (C=O) groups excluding carboxylic acids is 3. The van der Waals surface area contributed by atoms with Crippen LogP contribution < -0.4 is 5.32 Å². The Balaban J connectivity index is 2.06. The van der Waals surface area contributed by atoms with Gasteiger partial charge in [-0.1, -0.05) is 12.5 Å². The molecule has 0 aliphatic carbocycles. The molecular formula is C18H24N2O7S. The lowest BCUT2D eigenvalue weighted by Gasteiger charge is -2.26. The SMILES string of the molecule is COC(=O)CNC(=O)COC(=O)c1ccc(C)c(S(=O)(=O)N2CCCCC2)c1. The number of methoxy groups -OCH3 is 1. The first kappa shape index (κ1) is 21.8. The van der Waals surface area contributed by atoms with E-state index < -0.39 is 34.5 Å². The molecule has 0 spiro atoms. The van der Waals surface area contributed by atoms with Gasteiger partial charge in [-0.05, 0) is 37.5 Å². The molecule has 0 radical (unpaired) electrons. The van der Waals surface area contributed by atoms with E-state index in [2.05, 4.69) is 10.1 Å². The van der Waals surface area contributed by atoms with Crippen molar-refractivity contribution in [3.8, 4) is 0 Å². The molecule has 0 atom stereocenters. The Morgan fingerprint density at radius 1 is 1.14 bits per heavy atom. The molecule has 28 heavy (non-hydrogen) atoms. The molecule has 154 valence electrons. The number of nitrogens with one attached hydrogen (secondary N) is 1. The predicted octanol–water partition coefficient (Wildman–Crippen LogP) is 0.616. The smallest absolute Gasteiger partial charge is 0.338 e. The first-order valence-corrected chi connectivity index (χ1v) is 10.3. The normalized spacial score (nSPS) is 14.9. The second-order valence-electron chi connectivity index (χ2n) is 6.37. The van der Waals surface area contributed by atoms with Gasteiger partial charge < -0.3 is 14.8 Å². The Kier molecular flexibility index (Phi) is 7.53. The van der Waals surface area contributed by atoms with Gasteiger partial charge in [0.05, 0.1) is 17.6 Å². The Bertz CT molecular complexity index is 845. The molecule has 1 N–H and O–H groups in total. The summed E-state index contributed by atoms with van der Waals surface area (Å²) in [6.07, 6.45) is 2.61. The fourth-order valence-corrected chi connectivity index (χ4v) is 4.53. The average molecular weight is 412 g/mol. The van der Waals surface area contributed by atoms with E-state index >= 15 is 0 Å².